The van der Waals surface area contributed by atoms with Gasteiger partial charge in [0.2, 0.25) is 0 Å². The van der Waals surface area contributed by atoms with Crippen LogP contribution in [-0.2, 0) is 4.74 Å². The van der Waals surface area contributed by atoms with Gasteiger partial charge in [0.15, 0.2) is 0 Å². The maximum Gasteiger partial charge on any atom is 0.410 e. The average Bonchev–Trinajstić information content (AvgIpc) is 2.78. The third-order valence-corrected chi connectivity index (χ3v) is 4.79. The van der Waals surface area contributed by atoms with Gasteiger partial charge in [-0.25, -0.2) is 4.79 Å². The quantitative estimate of drug-likeness (QED) is 0.867. The molecule has 0 aromatic heterocycles. The van der Waals surface area contributed by atoms with Crippen LogP contribution in [0.4, 0.5) is 4.79 Å². The van der Waals surface area contributed by atoms with Crippen LogP contribution in [0, 0.1) is 5.41 Å². The molecule has 1 aromatic carbocycles. The third kappa shape index (κ3) is 2.84. The summed E-state index contributed by atoms with van der Waals surface area (Å²) in [5.41, 5.74) is 0.784. The Kier molecular flexibility index (Phi) is 3.68. The molecule has 1 spiro atoms. The van der Waals surface area contributed by atoms with E-state index in [9.17, 15) is 9.90 Å². The van der Waals surface area contributed by atoms with E-state index in [0.717, 1.165) is 12.8 Å². The van der Waals surface area contributed by atoms with Crippen molar-refractivity contribution >= 4 is 6.09 Å². The van der Waals surface area contributed by atoms with Crippen LogP contribution in [0.2, 0.25) is 0 Å². The molecular weight excluding hydrogens is 278 g/mol. The Morgan fingerprint density at radius 1 is 1.27 bits per heavy atom. The molecule has 3 rings (SSSR count). The summed E-state index contributed by atoms with van der Waals surface area (Å²) >= 11 is 0. The van der Waals surface area contributed by atoms with Crippen molar-refractivity contribution in [3.05, 3.63) is 35.9 Å². The number of benzene rings is 1. The summed E-state index contributed by atoms with van der Waals surface area (Å²) in [7, 11) is 0. The Morgan fingerprint density at radius 3 is 2.45 bits per heavy atom. The first-order valence-electron chi connectivity index (χ1n) is 8.00. The van der Waals surface area contributed by atoms with Gasteiger partial charge in [-0.15, -0.1) is 0 Å². The minimum absolute atomic E-state index is 0.0116. The molecule has 4 heteroatoms. The third-order valence-electron chi connectivity index (χ3n) is 4.79. The number of aliphatic hydroxyl groups excluding tert-OH is 1. The second-order valence-electron chi connectivity index (χ2n) is 7.75. The summed E-state index contributed by atoms with van der Waals surface area (Å²) in [6, 6.07) is 10.3. The van der Waals surface area contributed by atoms with Gasteiger partial charge in [0.05, 0.1) is 6.10 Å². The number of nitrogens with zero attached hydrogens (tertiary/aromatic N) is 1. The molecule has 1 unspecified atom stereocenters. The number of aliphatic hydroxyl groups is 1. The lowest BCUT2D eigenvalue weighted by Crippen LogP contribution is -2.46. The van der Waals surface area contributed by atoms with E-state index in [0.29, 0.717) is 13.1 Å². The molecule has 1 atom stereocenters. The highest BCUT2D eigenvalue weighted by Crippen LogP contribution is 2.55. The molecule has 2 aliphatic rings. The number of carbonyl (C=O) groups excluding carboxylic acids is 1. The number of amides is 1. The van der Waals surface area contributed by atoms with Gasteiger partial charge in [-0.05, 0) is 39.2 Å². The first-order chi connectivity index (χ1) is 10.3. The number of hydrogen-bond acceptors (Lipinski definition) is 3. The van der Waals surface area contributed by atoms with Crippen LogP contribution in [-0.4, -0.2) is 40.9 Å². The largest absolute Gasteiger partial charge is 0.444 e. The summed E-state index contributed by atoms with van der Waals surface area (Å²) in [6.07, 6.45) is 1.06. The molecule has 2 fully saturated rings. The van der Waals surface area contributed by atoms with Crippen molar-refractivity contribution in [2.24, 2.45) is 5.41 Å². The number of ether oxygens (including phenoxy) is 1. The molecule has 0 bridgehead atoms. The maximum absolute atomic E-state index is 12.4. The lowest BCUT2D eigenvalue weighted by atomic mass is 9.59. The Balaban J connectivity index is 1.80. The normalized spacial score (nSPS) is 31.2. The van der Waals surface area contributed by atoms with Gasteiger partial charge in [-0.2, -0.15) is 0 Å². The Hall–Kier alpha value is -1.55. The van der Waals surface area contributed by atoms with Crippen LogP contribution in [0.15, 0.2) is 30.3 Å². The first-order valence-corrected chi connectivity index (χ1v) is 8.00. The smallest absolute Gasteiger partial charge is 0.410 e. The second kappa shape index (κ2) is 5.27. The molecule has 1 saturated heterocycles. The van der Waals surface area contributed by atoms with Gasteiger partial charge < -0.3 is 14.7 Å². The molecule has 1 N–H and O–H groups in total. The average molecular weight is 303 g/mol. The summed E-state index contributed by atoms with van der Waals surface area (Å²) in [5.74, 6) is 0.282. The zero-order valence-corrected chi connectivity index (χ0v) is 13.6. The van der Waals surface area contributed by atoms with E-state index in [1.165, 1.54) is 5.56 Å². The molecular formula is C18H25NO3. The van der Waals surface area contributed by atoms with Crippen LogP contribution in [0.25, 0.3) is 0 Å². The standard InChI is InChI=1S/C18H25NO3/c1-17(2,3)22-16(21)19-11-15(13-7-5-4-6-8-13)18(12-19)9-14(20)10-18/h4-8,14-15,20H,9-12H2,1-3H3. The molecule has 4 nitrogen and oxygen atoms in total. The van der Waals surface area contributed by atoms with E-state index in [4.69, 9.17) is 4.74 Å². The van der Waals surface area contributed by atoms with Gasteiger partial charge in [0, 0.05) is 24.4 Å². The highest BCUT2D eigenvalue weighted by molar-refractivity contribution is 5.69. The van der Waals surface area contributed by atoms with E-state index < -0.39 is 5.60 Å². The van der Waals surface area contributed by atoms with E-state index >= 15 is 0 Å². The van der Waals surface area contributed by atoms with Gasteiger partial charge in [-0.3, -0.25) is 0 Å². The first kappa shape index (κ1) is 15.3. The van der Waals surface area contributed by atoms with Crippen LogP contribution in [0.1, 0.15) is 45.1 Å². The van der Waals surface area contributed by atoms with Crippen molar-refractivity contribution in [3.63, 3.8) is 0 Å². The number of carbonyl (C=O) groups is 1. The number of hydrogen-bond donors (Lipinski definition) is 1. The van der Waals surface area contributed by atoms with Crippen LogP contribution >= 0.6 is 0 Å². The second-order valence-corrected chi connectivity index (χ2v) is 7.75. The Bertz CT molecular complexity index is 543. The summed E-state index contributed by atoms with van der Waals surface area (Å²) in [6.45, 7) is 7.01. The highest BCUT2D eigenvalue weighted by Gasteiger charge is 2.56. The molecule has 1 saturated carbocycles. The topological polar surface area (TPSA) is 49.8 Å². The van der Waals surface area contributed by atoms with Crippen molar-refractivity contribution in [1.82, 2.24) is 4.90 Å². The molecule has 120 valence electrons. The van der Waals surface area contributed by atoms with E-state index in [-0.39, 0.29) is 23.5 Å². The zero-order valence-electron chi connectivity index (χ0n) is 13.6. The van der Waals surface area contributed by atoms with E-state index in [1.807, 2.05) is 43.9 Å². The Labute approximate surface area is 132 Å². The summed E-state index contributed by atoms with van der Waals surface area (Å²) < 4.78 is 5.52. The monoisotopic (exact) mass is 303 g/mol. The number of rotatable bonds is 1. The molecule has 0 radical (unpaired) electrons. The van der Waals surface area contributed by atoms with Crippen molar-refractivity contribution < 1.29 is 14.6 Å². The predicted molar refractivity (Wildman–Crippen MR) is 84.7 cm³/mol. The lowest BCUT2D eigenvalue weighted by molar-refractivity contribution is -0.0364. The van der Waals surface area contributed by atoms with Crippen molar-refractivity contribution in [3.8, 4) is 0 Å². The highest BCUT2D eigenvalue weighted by atomic mass is 16.6. The minimum Gasteiger partial charge on any atom is -0.444 e. The fourth-order valence-electron chi connectivity index (χ4n) is 3.87. The molecule has 22 heavy (non-hydrogen) atoms. The molecule has 1 aromatic rings. The number of likely N-dealkylation sites (tertiary alicyclic amines) is 1. The Morgan fingerprint density at radius 2 is 1.91 bits per heavy atom. The predicted octanol–water partition coefficient (Wildman–Crippen LogP) is 3.16. The molecule has 1 amide bonds. The lowest BCUT2D eigenvalue weighted by Gasteiger charge is -2.46. The molecule has 1 heterocycles. The van der Waals surface area contributed by atoms with Crippen LogP contribution < -0.4 is 0 Å². The van der Waals surface area contributed by atoms with Crippen molar-refractivity contribution in [2.75, 3.05) is 13.1 Å². The van der Waals surface area contributed by atoms with Crippen molar-refractivity contribution in [1.29, 1.82) is 0 Å². The van der Waals surface area contributed by atoms with Gasteiger partial charge in [0.1, 0.15) is 5.60 Å². The SMILES string of the molecule is CC(C)(C)OC(=O)N1CC(c2ccccc2)C2(CC(O)C2)C1. The van der Waals surface area contributed by atoms with Gasteiger partial charge >= 0.3 is 6.09 Å². The minimum atomic E-state index is -0.478. The van der Waals surface area contributed by atoms with E-state index in [2.05, 4.69) is 12.1 Å². The van der Waals surface area contributed by atoms with Crippen molar-refractivity contribution in [2.45, 2.75) is 51.2 Å². The fourth-order valence-corrected chi connectivity index (χ4v) is 3.87. The van der Waals surface area contributed by atoms with Gasteiger partial charge in [0.25, 0.3) is 0 Å². The zero-order chi connectivity index (χ0) is 16.0. The van der Waals surface area contributed by atoms with Crippen LogP contribution in [0.3, 0.4) is 0 Å². The van der Waals surface area contributed by atoms with Gasteiger partial charge in [-0.1, -0.05) is 30.3 Å². The maximum atomic E-state index is 12.4. The van der Waals surface area contributed by atoms with Crippen LogP contribution in [0.5, 0.6) is 0 Å². The molecule has 1 aliphatic heterocycles. The van der Waals surface area contributed by atoms with E-state index in [1.54, 1.807) is 0 Å². The molecule has 1 aliphatic carbocycles. The summed E-state index contributed by atoms with van der Waals surface area (Å²) in [4.78, 5) is 14.2. The summed E-state index contributed by atoms with van der Waals surface area (Å²) in [5, 5.41) is 9.81. The fraction of sp³-hybridized carbons (Fsp3) is 0.611.